The highest BCUT2D eigenvalue weighted by Crippen LogP contribution is 2.16. The number of fused-ring (bicyclic) bond motifs is 1. The predicted molar refractivity (Wildman–Crippen MR) is 104 cm³/mol. The molecule has 0 saturated carbocycles. The summed E-state index contributed by atoms with van der Waals surface area (Å²) in [4.78, 5) is 31.5. The molecule has 29 heavy (non-hydrogen) atoms. The van der Waals surface area contributed by atoms with E-state index in [0.717, 1.165) is 28.9 Å². The van der Waals surface area contributed by atoms with E-state index < -0.39 is 28.9 Å². The van der Waals surface area contributed by atoms with Crippen LogP contribution in [0.1, 0.15) is 19.4 Å². The number of carbonyl (C=O) groups is 1. The highest BCUT2D eigenvalue weighted by atomic mass is 19.1. The van der Waals surface area contributed by atoms with Crippen LogP contribution in [-0.4, -0.2) is 28.7 Å². The lowest BCUT2D eigenvalue weighted by molar-refractivity contribution is -0.116. The van der Waals surface area contributed by atoms with Gasteiger partial charge in [0.05, 0.1) is 17.3 Å². The molecule has 0 unspecified atom stereocenters. The molecule has 3 aromatic rings. The van der Waals surface area contributed by atoms with E-state index in [1.54, 1.807) is 4.90 Å². The van der Waals surface area contributed by atoms with Crippen LogP contribution in [0.5, 0.6) is 0 Å². The summed E-state index contributed by atoms with van der Waals surface area (Å²) in [6.45, 7) is 4.64. The molecule has 1 heterocycles. The van der Waals surface area contributed by atoms with Crippen molar-refractivity contribution in [2.24, 2.45) is 0 Å². The number of anilines is 1. The van der Waals surface area contributed by atoms with Crippen molar-refractivity contribution in [2.45, 2.75) is 20.3 Å². The van der Waals surface area contributed by atoms with E-state index in [1.807, 2.05) is 13.8 Å². The van der Waals surface area contributed by atoms with Crippen LogP contribution < -0.4 is 15.9 Å². The summed E-state index contributed by atoms with van der Waals surface area (Å²) in [7, 11) is 0. The van der Waals surface area contributed by atoms with Crippen LogP contribution >= 0.6 is 0 Å². The Bertz CT molecular complexity index is 1110. The van der Waals surface area contributed by atoms with E-state index in [2.05, 4.69) is 10.4 Å². The van der Waals surface area contributed by atoms with Crippen molar-refractivity contribution < 1.29 is 18.0 Å². The van der Waals surface area contributed by atoms with E-state index in [1.165, 1.54) is 6.07 Å². The van der Waals surface area contributed by atoms with Gasteiger partial charge in [-0.3, -0.25) is 15.0 Å². The minimum atomic E-state index is -0.803. The molecule has 0 spiro atoms. The molecule has 1 N–H and O–H groups in total. The van der Waals surface area contributed by atoms with Crippen molar-refractivity contribution in [3.63, 3.8) is 0 Å². The molecule has 0 aliphatic carbocycles. The quantitative estimate of drug-likeness (QED) is 0.686. The Balaban J connectivity index is 2.03. The van der Waals surface area contributed by atoms with E-state index in [0.29, 0.717) is 19.2 Å². The number of halogens is 3. The Morgan fingerprint density at radius 2 is 1.69 bits per heavy atom. The summed E-state index contributed by atoms with van der Waals surface area (Å²) >= 11 is 0. The Morgan fingerprint density at radius 1 is 1.03 bits per heavy atom. The Labute approximate surface area is 164 Å². The highest BCUT2D eigenvalue weighted by Gasteiger charge is 2.18. The van der Waals surface area contributed by atoms with Gasteiger partial charge in [0.1, 0.15) is 17.5 Å². The van der Waals surface area contributed by atoms with Crippen LogP contribution in [0.15, 0.2) is 41.2 Å². The van der Waals surface area contributed by atoms with Gasteiger partial charge in [-0.15, -0.1) is 0 Å². The fourth-order valence-electron chi connectivity index (χ4n) is 3.03. The Hall–Kier alpha value is -3.36. The van der Waals surface area contributed by atoms with Crippen molar-refractivity contribution in [3.8, 4) is 0 Å². The molecule has 0 atom stereocenters. The molecule has 0 fully saturated rings. The molecule has 1 amide bonds. The van der Waals surface area contributed by atoms with Crippen LogP contribution in [0.4, 0.5) is 19.1 Å². The number of hydrogen-bond acceptors (Lipinski definition) is 4. The maximum absolute atomic E-state index is 13.6. The predicted octanol–water partition coefficient (Wildman–Crippen LogP) is 2.97. The number of nitrogens with one attached hydrogen (secondary N) is 1. The highest BCUT2D eigenvalue weighted by molar-refractivity contribution is 5.87. The molecule has 6 nitrogen and oxygen atoms in total. The van der Waals surface area contributed by atoms with Gasteiger partial charge in [0.15, 0.2) is 0 Å². The third-order valence-electron chi connectivity index (χ3n) is 4.38. The molecule has 152 valence electrons. The van der Waals surface area contributed by atoms with E-state index in [-0.39, 0.29) is 28.8 Å². The number of aromatic nitrogens is 2. The first kappa shape index (κ1) is 20.4. The molecule has 1 aromatic heterocycles. The smallest absolute Gasteiger partial charge is 0.281 e. The second kappa shape index (κ2) is 8.34. The van der Waals surface area contributed by atoms with Crippen molar-refractivity contribution in [3.05, 3.63) is 69.8 Å². The Morgan fingerprint density at radius 3 is 2.31 bits per heavy atom. The lowest BCUT2D eigenvalue weighted by Crippen LogP contribution is -2.40. The van der Waals surface area contributed by atoms with Gasteiger partial charge in [-0.25, -0.2) is 18.2 Å². The number of carbonyl (C=O) groups excluding carboxylic acids is 1. The summed E-state index contributed by atoms with van der Waals surface area (Å²) in [5, 5.41) is 0.124. The number of rotatable bonds is 6. The first-order chi connectivity index (χ1) is 13.8. The number of amides is 1. The first-order valence-electron chi connectivity index (χ1n) is 9.04. The topological polar surface area (TPSA) is 67.2 Å². The number of hydrogen-bond donors (Lipinski definition) is 1. The lowest BCUT2D eigenvalue weighted by Gasteiger charge is -2.24. The minimum absolute atomic E-state index is 0.119. The molecule has 9 heteroatoms. The van der Waals surface area contributed by atoms with Gasteiger partial charge in [0.2, 0.25) is 11.9 Å². The van der Waals surface area contributed by atoms with E-state index in [4.69, 9.17) is 0 Å². The Kier molecular flexibility index (Phi) is 5.86. The van der Waals surface area contributed by atoms with Gasteiger partial charge < -0.3 is 4.90 Å². The molecule has 0 aliphatic rings. The summed E-state index contributed by atoms with van der Waals surface area (Å²) < 4.78 is 41.3. The third kappa shape index (κ3) is 4.39. The molecular formula is C20H19F3N4O2. The SMILES string of the molecule is CCN(CC)c1nc2cc(F)ccc2c(=O)n1NC(=O)Cc1cc(F)cc(F)c1. The molecule has 2 aromatic carbocycles. The molecular weight excluding hydrogens is 385 g/mol. The van der Waals surface area contributed by atoms with Gasteiger partial charge in [-0.1, -0.05) is 0 Å². The van der Waals surface area contributed by atoms with Crippen LogP contribution in [0.2, 0.25) is 0 Å². The maximum atomic E-state index is 13.6. The van der Waals surface area contributed by atoms with Crippen molar-refractivity contribution in [1.29, 1.82) is 0 Å². The number of benzene rings is 2. The van der Waals surface area contributed by atoms with Gasteiger partial charge in [0.25, 0.3) is 5.56 Å². The second-order valence-corrected chi connectivity index (χ2v) is 6.38. The van der Waals surface area contributed by atoms with Crippen molar-refractivity contribution in [2.75, 3.05) is 23.4 Å². The van der Waals surface area contributed by atoms with Crippen LogP contribution in [0.3, 0.4) is 0 Å². The maximum Gasteiger partial charge on any atom is 0.281 e. The number of nitrogens with zero attached hydrogens (tertiary/aromatic N) is 3. The van der Waals surface area contributed by atoms with Gasteiger partial charge in [0, 0.05) is 25.2 Å². The average Bonchev–Trinajstić information content (AvgIpc) is 2.64. The van der Waals surface area contributed by atoms with E-state index in [9.17, 15) is 22.8 Å². The van der Waals surface area contributed by atoms with Crippen LogP contribution in [-0.2, 0) is 11.2 Å². The van der Waals surface area contributed by atoms with Crippen molar-refractivity contribution >= 4 is 22.8 Å². The average molecular weight is 404 g/mol. The molecule has 0 bridgehead atoms. The zero-order valence-corrected chi connectivity index (χ0v) is 15.9. The van der Waals surface area contributed by atoms with Crippen LogP contribution in [0, 0.1) is 17.5 Å². The first-order valence-corrected chi connectivity index (χ1v) is 9.04. The molecule has 3 rings (SSSR count). The summed E-state index contributed by atoms with van der Waals surface area (Å²) in [6.07, 6.45) is -0.347. The lowest BCUT2D eigenvalue weighted by atomic mass is 10.1. The van der Waals surface area contributed by atoms with Gasteiger partial charge in [-0.05, 0) is 43.7 Å². The summed E-state index contributed by atoms with van der Waals surface area (Å²) in [6, 6.07) is 6.35. The van der Waals surface area contributed by atoms with E-state index >= 15 is 0 Å². The minimum Gasteiger partial charge on any atom is -0.341 e. The zero-order valence-electron chi connectivity index (χ0n) is 15.9. The largest absolute Gasteiger partial charge is 0.341 e. The van der Waals surface area contributed by atoms with Crippen molar-refractivity contribution in [1.82, 2.24) is 9.66 Å². The standard InChI is InChI=1S/C20H19F3N4O2/c1-3-26(4-2)20-24-17-11-13(21)5-6-16(17)19(29)27(20)25-18(28)9-12-7-14(22)10-15(23)8-12/h5-8,10-11H,3-4,9H2,1-2H3,(H,25,28). The summed E-state index contributed by atoms with van der Waals surface area (Å²) in [5.41, 5.74) is 2.14. The van der Waals surface area contributed by atoms with Crippen LogP contribution in [0.25, 0.3) is 10.9 Å². The third-order valence-corrected chi connectivity index (χ3v) is 4.38. The molecule has 0 aliphatic heterocycles. The summed E-state index contributed by atoms with van der Waals surface area (Å²) in [5.74, 6) is -2.66. The fraction of sp³-hybridized carbons (Fsp3) is 0.250. The monoisotopic (exact) mass is 404 g/mol. The second-order valence-electron chi connectivity index (χ2n) is 6.38. The molecule has 0 radical (unpaired) electrons. The van der Waals surface area contributed by atoms with Gasteiger partial charge >= 0.3 is 0 Å². The zero-order chi connectivity index (χ0) is 21.1. The molecule has 0 saturated heterocycles. The fourth-order valence-corrected chi connectivity index (χ4v) is 3.03. The normalized spacial score (nSPS) is 10.9. The van der Waals surface area contributed by atoms with Gasteiger partial charge in [-0.2, -0.15) is 4.68 Å².